The number of carbonyl (C=O) groups is 1. The molecule has 0 saturated carbocycles. The summed E-state index contributed by atoms with van der Waals surface area (Å²) in [6.45, 7) is 8.39. The summed E-state index contributed by atoms with van der Waals surface area (Å²) in [5, 5.41) is 2.88. The van der Waals surface area contributed by atoms with Crippen molar-refractivity contribution in [3.05, 3.63) is 72.6 Å². The Hall–Kier alpha value is -3.54. The van der Waals surface area contributed by atoms with Crippen LogP contribution in [-0.4, -0.2) is 29.2 Å². The van der Waals surface area contributed by atoms with E-state index < -0.39 is 0 Å². The summed E-state index contributed by atoms with van der Waals surface area (Å²) in [6, 6.07) is 13.5. The fraction of sp³-hybridized carbons (Fsp3) is 0.250. The zero-order valence-corrected chi connectivity index (χ0v) is 17.6. The van der Waals surface area contributed by atoms with E-state index in [1.807, 2.05) is 68.5 Å². The normalized spacial score (nSPS) is 12.1. The molecule has 2 aromatic carbocycles. The minimum absolute atomic E-state index is 0.233. The average molecular weight is 405 g/mol. The molecule has 0 radical (unpaired) electrons. The number of para-hydroxylation sites is 2. The molecule has 3 rings (SSSR count). The maximum Gasteiger partial charge on any atom is 0.243 e. The molecule has 1 atom stereocenters. The summed E-state index contributed by atoms with van der Waals surface area (Å²) in [6.07, 6.45) is 5.25. The number of hydrogen-bond acceptors (Lipinski definition) is 4. The molecule has 1 N–H and O–H groups in total. The van der Waals surface area contributed by atoms with Crippen LogP contribution < -0.4 is 14.8 Å². The van der Waals surface area contributed by atoms with Gasteiger partial charge in [0.2, 0.25) is 5.91 Å². The third-order valence-electron chi connectivity index (χ3n) is 4.73. The van der Waals surface area contributed by atoms with Crippen molar-refractivity contribution in [1.82, 2.24) is 14.9 Å². The third kappa shape index (κ3) is 4.71. The number of allylic oxidation sites excluding steroid dienone is 1. The molecule has 0 spiro atoms. The van der Waals surface area contributed by atoms with Gasteiger partial charge < -0.3 is 19.4 Å². The standard InChI is InChI=1S/C24H27N3O3/c1-5-9-18-12-13-21(22(16-18)29-4)30-15-14-27-20-11-8-7-10-19(20)26-24(27)17(3)25-23(28)6-2/h5-13,16-17H,2,14-15H2,1,3-4H3,(H,25,28)/b9-5+. The molecule has 6 heteroatoms. The Morgan fingerprint density at radius 3 is 2.80 bits per heavy atom. The van der Waals surface area contributed by atoms with Gasteiger partial charge in [-0.15, -0.1) is 0 Å². The fourth-order valence-corrected chi connectivity index (χ4v) is 3.34. The summed E-state index contributed by atoms with van der Waals surface area (Å²) in [5.74, 6) is 1.91. The van der Waals surface area contributed by atoms with Gasteiger partial charge in [0.05, 0.1) is 30.7 Å². The van der Waals surface area contributed by atoms with Gasteiger partial charge in [0, 0.05) is 0 Å². The monoisotopic (exact) mass is 405 g/mol. The van der Waals surface area contributed by atoms with Crippen molar-refractivity contribution in [2.45, 2.75) is 26.4 Å². The number of amides is 1. The summed E-state index contributed by atoms with van der Waals surface area (Å²) < 4.78 is 13.6. The van der Waals surface area contributed by atoms with E-state index in [2.05, 4.69) is 16.5 Å². The van der Waals surface area contributed by atoms with Crippen molar-refractivity contribution in [2.24, 2.45) is 0 Å². The van der Waals surface area contributed by atoms with Gasteiger partial charge in [-0.05, 0) is 49.8 Å². The Morgan fingerprint density at radius 1 is 1.27 bits per heavy atom. The lowest BCUT2D eigenvalue weighted by Gasteiger charge is -2.16. The summed E-state index contributed by atoms with van der Waals surface area (Å²) >= 11 is 0. The molecular formula is C24H27N3O3. The highest BCUT2D eigenvalue weighted by molar-refractivity contribution is 5.87. The molecule has 1 aromatic heterocycles. The number of nitrogens with zero attached hydrogens (tertiary/aromatic N) is 2. The molecule has 30 heavy (non-hydrogen) atoms. The van der Waals surface area contributed by atoms with Gasteiger partial charge in [-0.25, -0.2) is 4.98 Å². The number of methoxy groups -OCH3 is 1. The van der Waals surface area contributed by atoms with Crippen molar-refractivity contribution < 1.29 is 14.3 Å². The Morgan fingerprint density at radius 2 is 2.07 bits per heavy atom. The van der Waals surface area contributed by atoms with Gasteiger partial charge in [0.25, 0.3) is 0 Å². The number of fused-ring (bicyclic) bond motifs is 1. The number of benzene rings is 2. The van der Waals surface area contributed by atoms with Crippen LogP contribution in [0.2, 0.25) is 0 Å². The molecule has 1 unspecified atom stereocenters. The third-order valence-corrected chi connectivity index (χ3v) is 4.73. The van der Waals surface area contributed by atoms with Crippen LogP contribution in [-0.2, 0) is 11.3 Å². The van der Waals surface area contributed by atoms with Crippen molar-refractivity contribution in [1.29, 1.82) is 0 Å². The SMILES string of the molecule is C=CC(=O)NC(C)c1nc2ccccc2n1CCOc1ccc(/C=C/C)cc1OC. The van der Waals surface area contributed by atoms with E-state index in [1.165, 1.54) is 6.08 Å². The molecule has 1 amide bonds. The fourth-order valence-electron chi connectivity index (χ4n) is 3.34. The molecular weight excluding hydrogens is 378 g/mol. The summed E-state index contributed by atoms with van der Waals surface area (Å²) in [7, 11) is 1.63. The van der Waals surface area contributed by atoms with Crippen LogP contribution in [0.3, 0.4) is 0 Å². The second kappa shape index (κ2) is 9.78. The number of rotatable bonds is 9. The van der Waals surface area contributed by atoms with E-state index in [-0.39, 0.29) is 11.9 Å². The first-order chi connectivity index (χ1) is 14.6. The number of ether oxygens (including phenoxy) is 2. The van der Waals surface area contributed by atoms with Gasteiger partial charge in [-0.3, -0.25) is 4.79 Å². The highest BCUT2D eigenvalue weighted by Gasteiger charge is 2.17. The number of carbonyl (C=O) groups excluding carboxylic acids is 1. The zero-order valence-electron chi connectivity index (χ0n) is 17.6. The first kappa shape index (κ1) is 21.2. The van der Waals surface area contributed by atoms with Crippen molar-refractivity contribution >= 4 is 23.0 Å². The van der Waals surface area contributed by atoms with E-state index in [1.54, 1.807) is 7.11 Å². The van der Waals surface area contributed by atoms with Crippen molar-refractivity contribution in [2.75, 3.05) is 13.7 Å². The van der Waals surface area contributed by atoms with Crippen LogP contribution in [0.25, 0.3) is 17.1 Å². The maximum atomic E-state index is 11.8. The summed E-state index contributed by atoms with van der Waals surface area (Å²) in [4.78, 5) is 16.5. The van der Waals surface area contributed by atoms with Gasteiger partial charge in [-0.1, -0.05) is 36.9 Å². The van der Waals surface area contributed by atoms with Crippen LogP contribution >= 0.6 is 0 Å². The van der Waals surface area contributed by atoms with Crippen LogP contribution in [0.4, 0.5) is 0 Å². The van der Waals surface area contributed by atoms with E-state index in [4.69, 9.17) is 14.5 Å². The lowest BCUT2D eigenvalue weighted by Crippen LogP contribution is -2.27. The summed E-state index contributed by atoms with van der Waals surface area (Å²) in [5.41, 5.74) is 2.92. The molecule has 156 valence electrons. The van der Waals surface area contributed by atoms with Gasteiger partial charge in [0.1, 0.15) is 12.4 Å². The Labute approximate surface area is 176 Å². The maximum absolute atomic E-state index is 11.8. The predicted molar refractivity (Wildman–Crippen MR) is 120 cm³/mol. The molecule has 6 nitrogen and oxygen atoms in total. The number of nitrogens with one attached hydrogen (secondary N) is 1. The minimum Gasteiger partial charge on any atom is -0.493 e. The molecule has 3 aromatic rings. The van der Waals surface area contributed by atoms with Gasteiger partial charge >= 0.3 is 0 Å². The smallest absolute Gasteiger partial charge is 0.243 e. The topological polar surface area (TPSA) is 65.4 Å². The Bertz CT molecular complexity index is 1070. The predicted octanol–water partition coefficient (Wildman–Crippen LogP) is 4.52. The molecule has 0 aliphatic heterocycles. The largest absolute Gasteiger partial charge is 0.493 e. The van der Waals surface area contributed by atoms with Crippen molar-refractivity contribution in [3.8, 4) is 11.5 Å². The number of imidazole rings is 1. The Kier molecular flexibility index (Phi) is 6.91. The first-order valence-corrected chi connectivity index (χ1v) is 9.89. The zero-order chi connectivity index (χ0) is 21.5. The molecule has 0 aliphatic rings. The van der Waals surface area contributed by atoms with Crippen molar-refractivity contribution in [3.63, 3.8) is 0 Å². The number of aromatic nitrogens is 2. The van der Waals surface area contributed by atoms with E-state index in [0.29, 0.717) is 24.7 Å². The Balaban J connectivity index is 1.81. The van der Waals surface area contributed by atoms with Crippen LogP contribution in [0, 0.1) is 0 Å². The van der Waals surface area contributed by atoms with Crippen LogP contribution in [0.15, 0.2) is 61.2 Å². The lowest BCUT2D eigenvalue weighted by molar-refractivity contribution is -0.117. The highest BCUT2D eigenvalue weighted by Crippen LogP contribution is 2.29. The van der Waals surface area contributed by atoms with E-state index >= 15 is 0 Å². The van der Waals surface area contributed by atoms with Crippen LogP contribution in [0.1, 0.15) is 31.3 Å². The number of hydrogen-bond donors (Lipinski definition) is 1. The van der Waals surface area contributed by atoms with E-state index in [9.17, 15) is 4.79 Å². The second-order valence-corrected chi connectivity index (χ2v) is 6.80. The van der Waals surface area contributed by atoms with Gasteiger partial charge in [0.15, 0.2) is 11.5 Å². The highest BCUT2D eigenvalue weighted by atomic mass is 16.5. The van der Waals surface area contributed by atoms with Crippen LogP contribution in [0.5, 0.6) is 11.5 Å². The molecule has 0 aliphatic carbocycles. The van der Waals surface area contributed by atoms with E-state index in [0.717, 1.165) is 22.4 Å². The molecule has 1 heterocycles. The second-order valence-electron chi connectivity index (χ2n) is 6.80. The quantitative estimate of drug-likeness (QED) is 0.532. The minimum atomic E-state index is -0.266. The molecule has 0 bridgehead atoms. The van der Waals surface area contributed by atoms with Gasteiger partial charge in [-0.2, -0.15) is 0 Å². The first-order valence-electron chi connectivity index (χ1n) is 9.89. The average Bonchev–Trinajstić information content (AvgIpc) is 3.13. The lowest BCUT2D eigenvalue weighted by atomic mass is 10.2. The molecule has 0 saturated heterocycles. The molecule has 0 fully saturated rings.